The van der Waals surface area contributed by atoms with E-state index in [9.17, 15) is 5.11 Å². The first-order chi connectivity index (χ1) is 5.75. The molecule has 62 valence electrons. The normalized spacial score (nSPS) is 14.6. The van der Waals surface area contributed by atoms with Crippen LogP contribution in [0.3, 0.4) is 0 Å². The lowest BCUT2D eigenvalue weighted by Crippen LogP contribution is -2.33. The van der Waals surface area contributed by atoms with Gasteiger partial charge in [-0.25, -0.2) is 0 Å². The number of hydrogen-bond acceptors (Lipinski definition) is 3. The summed E-state index contributed by atoms with van der Waals surface area (Å²) in [6, 6.07) is 5.20. The van der Waals surface area contributed by atoms with Crippen LogP contribution in [-0.4, -0.2) is 23.7 Å². The minimum atomic E-state index is 0.288. The van der Waals surface area contributed by atoms with E-state index in [0.29, 0.717) is 6.67 Å². The Morgan fingerprint density at radius 2 is 2.33 bits per heavy atom. The summed E-state index contributed by atoms with van der Waals surface area (Å²) < 4.78 is 0. The van der Waals surface area contributed by atoms with Gasteiger partial charge in [0, 0.05) is 18.5 Å². The largest absolute Gasteiger partial charge is 0.508 e. The first kappa shape index (κ1) is 7.16. The number of phenolic OH excluding ortho intramolecular Hbond substituents is 1. The molecule has 1 aromatic carbocycles. The van der Waals surface area contributed by atoms with Gasteiger partial charge >= 0.3 is 0 Å². The fourth-order valence-electron chi connectivity index (χ4n) is 1.26. The Hall–Kier alpha value is -1.51. The quantitative estimate of drug-likeness (QED) is 0.566. The van der Waals surface area contributed by atoms with E-state index in [1.165, 1.54) is 0 Å². The van der Waals surface area contributed by atoms with Crippen LogP contribution in [0, 0.1) is 0 Å². The zero-order valence-corrected chi connectivity index (χ0v) is 6.86. The van der Waals surface area contributed by atoms with Crippen LogP contribution < -0.4 is 10.6 Å². The Balaban J connectivity index is 2.72. The van der Waals surface area contributed by atoms with Crippen molar-refractivity contribution in [2.45, 2.75) is 0 Å². The van der Waals surface area contributed by atoms with Gasteiger partial charge in [-0.15, -0.1) is 0 Å². The molecule has 1 N–H and O–H groups in total. The molecule has 0 aliphatic carbocycles. The van der Waals surface area contributed by atoms with E-state index in [1.54, 1.807) is 12.1 Å². The number of phenols is 1. The molecule has 0 radical (unpaired) electrons. The summed E-state index contributed by atoms with van der Waals surface area (Å²) in [7, 11) is 1.95. The Bertz CT molecular complexity index is 411. The summed E-state index contributed by atoms with van der Waals surface area (Å²) in [4.78, 5) is 6.27. The van der Waals surface area contributed by atoms with E-state index in [4.69, 9.17) is 0 Å². The van der Waals surface area contributed by atoms with E-state index >= 15 is 0 Å². The highest BCUT2D eigenvalue weighted by Crippen LogP contribution is 1.99. The second kappa shape index (κ2) is 2.52. The van der Waals surface area contributed by atoms with E-state index < -0.39 is 0 Å². The molecule has 0 saturated carbocycles. The van der Waals surface area contributed by atoms with Crippen molar-refractivity contribution in [2.24, 2.45) is 4.99 Å². The van der Waals surface area contributed by atoms with Gasteiger partial charge in [0.25, 0.3) is 0 Å². The molecule has 0 amide bonds. The third-order valence-corrected chi connectivity index (χ3v) is 1.83. The summed E-state index contributed by atoms with van der Waals surface area (Å²) in [5, 5.41) is 11.1. The van der Waals surface area contributed by atoms with Crippen LogP contribution in [0.5, 0.6) is 5.75 Å². The molecule has 0 spiro atoms. The zero-order valence-electron chi connectivity index (χ0n) is 6.86. The zero-order chi connectivity index (χ0) is 8.55. The minimum absolute atomic E-state index is 0.288. The molecule has 1 heterocycles. The van der Waals surface area contributed by atoms with E-state index in [2.05, 4.69) is 4.99 Å². The average molecular weight is 162 g/mol. The SMILES string of the molecule is CN1C=c2cc(O)ccc2=NC1. The van der Waals surface area contributed by atoms with Gasteiger partial charge in [-0.05, 0) is 18.2 Å². The fourth-order valence-corrected chi connectivity index (χ4v) is 1.26. The highest BCUT2D eigenvalue weighted by molar-refractivity contribution is 5.29. The summed E-state index contributed by atoms with van der Waals surface area (Å²) in [5.74, 6) is 0.288. The summed E-state index contributed by atoms with van der Waals surface area (Å²) >= 11 is 0. The average Bonchev–Trinajstić information content (AvgIpc) is 2.03. The van der Waals surface area contributed by atoms with Crippen molar-refractivity contribution < 1.29 is 5.11 Å². The first-order valence-corrected chi connectivity index (χ1v) is 3.81. The molecule has 3 heteroatoms. The molecule has 0 fully saturated rings. The molecular weight excluding hydrogens is 152 g/mol. The van der Waals surface area contributed by atoms with Gasteiger partial charge in [0.05, 0.1) is 5.36 Å². The van der Waals surface area contributed by atoms with Crippen LogP contribution in [0.4, 0.5) is 0 Å². The fraction of sp³-hybridized carbons (Fsp3) is 0.222. The van der Waals surface area contributed by atoms with Crippen LogP contribution in [0.2, 0.25) is 0 Å². The van der Waals surface area contributed by atoms with Gasteiger partial charge in [-0.3, -0.25) is 4.99 Å². The molecular formula is C9H10N2O. The molecule has 0 saturated heterocycles. The van der Waals surface area contributed by atoms with Crippen LogP contribution >= 0.6 is 0 Å². The van der Waals surface area contributed by atoms with Crippen LogP contribution in [0.15, 0.2) is 23.2 Å². The predicted molar refractivity (Wildman–Crippen MR) is 46.0 cm³/mol. The van der Waals surface area contributed by atoms with Crippen molar-refractivity contribution >= 4 is 6.20 Å². The molecule has 1 aliphatic heterocycles. The molecule has 3 nitrogen and oxygen atoms in total. The topological polar surface area (TPSA) is 35.8 Å². The van der Waals surface area contributed by atoms with Gasteiger partial charge in [0.15, 0.2) is 0 Å². The number of benzene rings is 1. The Labute approximate surface area is 70.3 Å². The lowest BCUT2D eigenvalue weighted by Gasteiger charge is -2.13. The van der Waals surface area contributed by atoms with E-state index in [-0.39, 0.29) is 5.75 Å². The molecule has 0 atom stereocenters. The van der Waals surface area contributed by atoms with Crippen molar-refractivity contribution in [3.63, 3.8) is 0 Å². The molecule has 0 bridgehead atoms. The van der Waals surface area contributed by atoms with Gasteiger partial charge in [-0.2, -0.15) is 0 Å². The van der Waals surface area contributed by atoms with Crippen molar-refractivity contribution in [1.82, 2.24) is 4.90 Å². The smallest absolute Gasteiger partial charge is 0.116 e. The molecule has 0 unspecified atom stereocenters. The summed E-state index contributed by atoms with van der Waals surface area (Å²) in [6.07, 6.45) is 1.97. The summed E-state index contributed by atoms with van der Waals surface area (Å²) in [6.45, 7) is 0.692. The van der Waals surface area contributed by atoms with Gasteiger partial charge in [0.1, 0.15) is 12.4 Å². The number of rotatable bonds is 0. The Kier molecular flexibility index (Phi) is 1.50. The maximum absolute atomic E-state index is 9.19. The Morgan fingerprint density at radius 1 is 1.50 bits per heavy atom. The van der Waals surface area contributed by atoms with Crippen LogP contribution in [0.1, 0.15) is 0 Å². The highest BCUT2D eigenvalue weighted by atomic mass is 16.3. The second-order valence-electron chi connectivity index (χ2n) is 2.93. The van der Waals surface area contributed by atoms with Crippen LogP contribution in [-0.2, 0) is 0 Å². The second-order valence-corrected chi connectivity index (χ2v) is 2.93. The third kappa shape index (κ3) is 1.13. The van der Waals surface area contributed by atoms with Gasteiger partial charge in [-0.1, -0.05) is 0 Å². The predicted octanol–water partition coefficient (Wildman–Crippen LogP) is -0.347. The molecule has 1 aromatic rings. The monoisotopic (exact) mass is 162 g/mol. The van der Waals surface area contributed by atoms with E-state index in [0.717, 1.165) is 10.6 Å². The lowest BCUT2D eigenvalue weighted by molar-refractivity contribution is 0.471. The molecule has 1 aliphatic rings. The van der Waals surface area contributed by atoms with Crippen molar-refractivity contribution in [3.8, 4) is 5.75 Å². The maximum Gasteiger partial charge on any atom is 0.116 e. The number of nitrogens with zero attached hydrogens (tertiary/aromatic N) is 2. The molecule has 2 rings (SSSR count). The number of fused-ring (bicyclic) bond motifs is 1. The summed E-state index contributed by atoms with van der Waals surface area (Å²) in [5.41, 5.74) is 0. The molecule has 0 aromatic heterocycles. The van der Waals surface area contributed by atoms with Crippen molar-refractivity contribution in [2.75, 3.05) is 13.7 Å². The maximum atomic E-state index is 9.19. The van der Waals surface area contributed by atoms with E-state index in [1.807, 2.05) is 24.2 Å². The first-order valence-electron chi connectivity index (χ1n) is 3.81. The Morgan fingerprint density at radius 3 is 3.17 bits per heavy atom. The molecule has 12 heavy (non-hydrogen) atoms. The van der Waals surface area contributed by atoms with Crippen molar-refractivity contribution in [3.05, 3.63) is 28.8 Å². The van der Waals surface area contributed by atoms with Gasteiger partial charge in [0.2, 0.25) is 0 Å². The highest BCUT2D eigenvalue weighted by Gasteiger charge is 1.98. The standard InChI is InChI=1S/C9H10N2O/c1-11-5-7-4-8(12)2-3-9(7)10-6-11/h2-5,12H,6H2,1H3. The minimum Gasteiger partial charge on any atom is -0.508 e. The number of aromatic hydroxyl groups is 1. The number of hydrogen-bond donors (Lipinski definition) is 1. The third-order valence-electron chi connectivity index (χ3n) is 1.83. The van der Waals surface area contributed by atoms with Crippen molar-refractivity contribution in [1.29, 1.82) is 0 Å². The lowest BCUT2D eigenvalue weighted by atomic mass is 10.2. The van der Waals surface area contributed by atoms with Gasteiger partial charge < -0.3 is 10.0 Å². The van der Waals surface area contributed by atoms with Crippen LogP contribution in [0.25, 0.3) is 6.20 Å².